The molecule has 0 bridgehead atoms. The highest BCUT2D eigenvalue weighted by atomic mass is 35.5. The number of nitrogens with zero attached hydrogens (tertiary/aromatic N) is 1. The summed E-state index contributed by atoms with van der Waals surface area (Å²) in [6.07, 6.45) is 3.27. The van der Waals surface area contributed by atoms with E-state index in [1.54, 1.807) is 0 Å². The van der Waals surface area contributed by atoms with Crippen LogP contribution in [0.3, 0.4) is 0 Å². The van der Waals surface area contributed by atoms with Crippen molar-refractivity contribution in [2.75, 3.05) is 19.8 Å². The van der Waals surface area contributed by atoms with Crippen molar-refractivity contribution in [1.29, 1.82) is 0 Å². The molecule has 0 saturated carbocycles. The van der Waals surface area contributed by atoms with E-state index in [0.717, 1.165) is 49.9 Å². The molecule has 5 heteroatoms. The first kappa shape index (κ1) is 20.8. The van der Waals surface area contributed by atoms with Crippen molar-refractivity contribution in [3.8, 4) is 0 Å². The summed E-state index contributed by atoms with van der Waals surface area (Å²) in [4.78, 5) is 0. The molecule has 0 fully saturated rings. The summed E-state index contributed by atoms with van der Waals surface area (Å²) in [5.74, 6) is 0. The third-order valence-corrected chi connectivity index (χ3v) is 4.70. The summed E-state index contributed by atoms with van der Waals surface area (Å²) >= 11 is 6.34. The summed E-state index contributed by atoms with van der Waals surface area (Å²) in [5, 5.41) is 5.64. The van der Waals surface area contributed by atoms with Crippen LogP contribution in [0.2, 0.25) is 5.02 Å². The van der Waals surface area contributed by atoms with E-state index in [-0.39, 0.29) is 12.4 Å². The van der Waals surface area contributed by atoms with Crippen LogP contribution in [0.1, 0.15) is 24.5 Å². The molecular weight excluding hydrogens is 367 g/mol. The molecule has 3 rings (SSSR count). The fourth-order valence-electron chi connectivity index (χ4n) is 3.07. The number of para-hydroxylation sites is 1. The number of halogens is 2. The summed E-state index contributed by atoms with van der Waals surface area (Å²) < 4.78 is 7.67. The van der Waals surface area contributed by atoms with Crippen molar-refractivity contribution in [2.45, 2.75) is 26.4 Å². The minimum Gasteiger partial charge on any atom is -0.382 e. The lowest BCUT2D eigenvalue weighted by Crippen LogP contribution is -2.16. The molecule has 1 aromatic heterocycles. The van der Waals surface area contributed by atoms with Gasteiger partial charge in [0.25, 0.3) is 0 Å². The van der Waals surface area contributed by atoms with E-state index < -0.39 is 0 Å². The van der Waals surface area contributed by atoms with Gasteiger partial charge in [-0.25, -0.2) is 0 Å². The summed E-state index contributed by atoms with van der Waals surface area (Å²) in [6.45, 7) is 6.24. The molecule has 26 heavy (non-hydrogen) atoms. The first-order chi connectivity index (χ1) is 12.3. The lowest BCUT2D eigenvalue weighted by molar-refractivity contribution is 0.144. The van der Waals surface area contributed by atoms with E-state index in [1.165, 1.54) is 16.5 Å². The molecule has 0 amide bonds. The van der Waals surface area contributed by atoms with E-state index in [4.69, 9.17) is 16.3 Å². The highest BCUT2D eigenvalue weighted by Gasteiger charge is 2.09. The van der Waals surface area contributed by atoms with Crippen LogP contribution in [0.25, 0.3) is 10.9 Å². The Labute approximate surface area is 166 Å². The molecule has 1 N–H and O–H groups in total. The van der Waals surface area contributed by atoms with Crippen molar-refractivity contribution >= 4 is 34.9 Å². The predicted molar refractivity (Wildman–Crippen MR) is 113 cm³/mol. The maximum Gasteiger partial charge on any atom is 0.0491 e. The van der Waals surface area contributed by atoms with Gasteiger partial charge in [-0.15, -0.1) is 12.4 Å². The average Bonchev–Trinajstić information content (AvgIpc) is 2.98. The zero-order chi connectivity index (χ0) is 17.5. The van der Waals surface area contributed by atoms with Crippen molar-refractivity contribution < 1.29 is 4.74 Å². The maximum absolute atomic E-state index is 6.34. The molecule has 0 radical (unpaired) electrons. The smallest absolute Gasteiger partial charge is 0.0491 e. The fraction of sp³-hybridized carbons (Fsp3) is 0.333. The number of hydrogen-bond donors (Lipinski definition) is 1. The Kier molecular flexibility index (Phi) is 8.46. The molecule has 0 spiro atoms. The van der Waals surface area contributed by atoms with Gasteiger partial charge in [-0.1, -0.05) is 48.0 Å². The second kappa shape index (κ2) is 10.6. The SMILES string of the molecule is CCOCCCNCc1cn(Cc2ccccc2Cl)c2ccccc12.Cl. The Morgan fingerprint density at radius 2 is 1.81 bits per heavy atom. The van der Waals surface area contributed by atoms with Crippen molar-refractivity contribution in [3.63, 3.8) is 0 Å². The third kappa shape index (κ3) is 5.24. The number of hydrogen-bond acceptors (Lipinski definition) is 2. The molecular formula is C21H26Cl2N2O. The maximum atomic E-state index is 6.34. The van der Waals surface area contributed by atoms with E-state index in [2.05, 4.69) is 46.4 Å². The van der Waals surface area contributed by atoms with E-state index in [9.17, 15) is 0 Å². The van der Waals surface area contributed by atoms with Gasteiger partial charge >= 0.3 is 0 Å². The van der Waals surface area contributed by atoms with Gasteiger partial charge in [-0.2, -0.15) is 0 Å². The summed E-state index contributed by atoms with van der Waals surface area (Å²) in [6, 6.07) is 16.6. The zero-order valence-corrected chi connectivity index (χ0v) is 16.7. The Hall–Kier alpha value is -1.52. The largest absolute Gasteiger partial charge is 0.382 e. The Morgan fingerprint density at radius 3 is 2.62 bits per heavy atom. The van der Waals surface area contributed by atoms with E-state index >= 15 is 0 Å². The van der Waals surface area contributed by atoms with Gasteiger partial charge in [0.15, 0.2) is 0 Å². The van der Waals surface area contributed by atoms with Crippen LogP contribution in [0.15, 0.2) is 54.7 Å². The van der Waals surface area contributed by atoms with Gasteiger partial charge in [-0.3, -0.25) is 0 Å². The van der Waals surface area contributed by atoms with Crippen molar-refractivity contribution in [2.24, 2.45) is 0 Å². The van der Waals surface area contributed by atoms with Gasteiger partial charge < -0.3 is 14.6 Å². The number of rotatable bonds is 9. The van der Waals surface area contributed by atoms with Crippen LogP contribution in [-0.4, -0.2) is 24.3 Å². The monoisotopic (exact) mass is 392 g/mol. The van der Waals surface area contributed by atoms with Gasteiger partial charge in [0.2, 0.25) is 0 Å². The van der Waals surface area contributed by atoms with Crippen LogP contribution in [-0.2, 0) is 17.8 Å². The van der Waals surface area contributed by atoms with Gasteiger partial charge in [-0.05, 0) is 43.1 Å². The first-order valence-electron chi connectivity index (χ1n) is 8.88. The molecule has 3 aromatic rings. The van der Waals surface area contributed by atoms with Crippen LogP contribution >= 0.6 is 24.0 Å². The Bertz CT molecular complexity index is 817. The molecule has 0 aliphatic carbocycles. The predicted octanol–water partition coefficient (Wildman–Crippen LogP) is 5.28. The lowest BCUT2D eigenvalue weighted by Gasteiger charge is -2.07. The van der Waals surface area contributed by atoms with Crippen LogP contribution in [0.5, 0.6) is 0 Å². The molecule has 0 aliphatic heterocycles. The minimum atomic E-state index is 0. The molecule has 0 saturated heterocycles. The van der Waals surface area contributed by atoms with Crippen molar-refractivity contribution in [3.05, 3.63) is 70.9 Å². The van der Waals surface area contributed by atoms with Gasteiger partial charge in [0, 0.05) is 48.4 Å². The fourth-order valence-corrected chi connectivity index (χ4v) is 3.27. The highest BCUT2D eigenvalue weighted by molar-refractivity contribution is 6.31. The van der Waals surface area contributed by atoms with Crippen LogP contribution in [0, 0.1) is 0 Å². The standard InChI is InChI=1S/C21H25ClN2O.ClH/c1-2-25-13-7-12-23-14-18-16-24(21-11-6-4-9-19(18)21)15-17-8-3-5-10-20(17)22;/h3-6,8-11,16,23H,2,7,12-15H2,1H3;1H. The van der Waals surface area contributed by atoms with Gasteiger partial charge in [0.1, 0.15) is 0 Å². The molecule has 1 heterocycles. The molecule has 0 unspecified atom stereocenters. The molecule has 0 atom stereocenters. The van der Waals surface area contributed by atoms with E-state index in [0.29, 0.717) is 0 Å². The molecule has 0 aliphatic rings. The summed E-state index contributed by atoms with van der Waals surface area (Å²) in [7, 11) is 0. The molecule has 2 aromatic carbocycles. The third-order valence-electron chi connectivity index (χ3n) is 4.33. The second-order valence-corrected chi connectivity index (χ2v) is 6.53. The number of nitrogens with one attached hydrogen (secondary N) is 1. The van der Waals surface area contributed by atoms with Crippen LogP contribution < -0.4 is 5.32 Å². The highest BCUT2D eigenvalue weighted by Crippen LogP contribution is 2.24. The normalized spacial score (nSPS) is 10.8. The summed E-state index contributed by atoms with van der Waals surface area (Å²) in [5.41, 5.74) is 3.70. The van der Waals surface area contributed by atoms with Crippen molar-refractivity contribution in [1.82, 2.24) is 9.88 Å². The first-order valence-corrected chi connectivity index (χ1v) is 9.26. The number of benzene rings is 2. The Balaban J connectivity index is 0.00000243. The van der Waals surface area contributed by atoms with Gasteiger partial charge in [0.05, 0.1) is 0 Å². The van der Waals surface area contributed by atoms with Crippen LogP contribution in [0.4, 0.5) is 0 Å². The molecule has 140 valence electrons. The average molecular weight is 393 g/mol. The number of ether oxygens (including phenoxy) is 1. The lowest BCUT2D eigenvalue weighted by atomic mass is 10.2. The number of fused-ring (bicyclic) bond motifs is 1. The Morgan fingerprint density at radius 1 is 1.04 bits per heavy atom. The quantitative estimate of drug-likeness (QED) is 0.501. The topological polar surface area (TPSA) is 26.2 Å². The minimum absolute atomic E-state index is 0. The number of aromatic nitrogens is 1. The molecule has 3 nitrogen and oxygen atoms in total. The van der Waals surface area contributed by atoms with E-state index in [1.807, 2.05) is 25.1 Å². The zero-order valence-electron chi connectivity index (χ0n) is 15.1. The second-order valence-electron chi connectivity index (χ2n) is 6.12.